The number of fused-ring (bicyclic) bond motifs is 6. The molecule has 2 saturated carbocycles. The van der Waals surface area contributed by atoms with Crippen molar-refractivity contribution < 1.29 is 0 Å². The third-order valence-electron chi connectivity index (χ3n) is 7.44. The normalized spacial score (nSPS) is 29.8. The van der Waals surface area contributed by atoms with Crippen LogP contribution >= 0.6 is 0 Å². The summed E-state index contributed by atoms with van der Waals surface area (Å²) in [7, 11) is 0. The Bertz CT molecular complexity index is 737. The highest BCUT2D eigenvalue weighted by Gasteiger charge is 2.26. The van der Waals surface area contributed by atoms with Gasteiger partial charge < -0.3 is 21.3 Å². The third-order valence-corrected chi connectivity index (χ3v) is 7.44. The highest BCUT2D eigenvalue weighted by Crippen LogP contribution is 2.21. The van der Waals surface area contributed by atoms with Crippen molar-refractivity contribution in [2.45, 2.75) is 102 Å². The molecular weight excluding hydrogens is 396 g/mol. The molecule has 172 valence electrons. The van der Waals surface area contributed by atoms with E-state index in [4.69, 9.17) is 9.97 Å². The molecule has 4 atom stereocenters. The summed E-state index contributed by atoms with van der Waals surface area (Å²) < 4.78 is 0. The van der Waals surface area contributed by atoms with E-state index in [1.54, 1.807) is 0 Å². The van der Waals surface area contributed by atoms with Crippen LogP contribution in [0.15, 0.2) is 36.4 Å². The summed E-state index contributed by atoms with van der Waals surface area (Å²) >= 11 is 0. The van der Waals surface area contributed by atoms with E-state index in [1.165, 1.54) is 51.4 Å². The molecule has 3 aliphatic rings. The first-order valence-electron chi connectivity index (χ1n) is 12.7. The van der Waals surface area contributed by atoms with Crippen LogP contribution in [0.2, 0.25) is 0 Å². The van der Waals surface area contributed by atoms with Crippen molar-refractivity contribution in [3.05, 3.63) is 59.2 Å². The third kappa shape index (κ3) is 5.73. The van der Waals surface area contributed by atoms with Gasteiger partial charge in [0.2, 0.25) is 0 Å². The van der Waals surface area contributed by atoms with Gasteiger partial charge in [0.05, 0.1) is 22.8 Å². The maximum Gasteiger partial charge on any atom is 0.0545 e. The van der Waals surface area contributed by atoms with Crippen molar-refractivity contribution >= 4 is 0 Å². The fraction of sp³-hybridized carbons (Fsp3) is 0.615. The van der Waals surface area contributed by atoms with E-state index in [0.717, 1.165) is 49.0 Å². The summed E-state index contributed by atoms with van der Waals surface area (Å²) in [6.07, 6.45) is 10.1. The predicted molar refractivity (Wildman–Crippen MR) is 128 cm³/mol. The lowest BCUT2D eigenvalue weighted by Gasteiger charge is -2.34. The first kappa shape index (κ1) is 22.0. The van der Waals surface area contributed by atoms with Crippen molar-refractivity contribution in [2.24, 2.45) is 0 Å². The highest BCUT2D eigenvalue weighted by molar-refractivity contribution is 5.13. The molecule has 6 heteroatoms. The minimum absolute atomic E-state index is 0.485. The fourth-order valence-electron chi connectivity index (χ4n) is 5.63. The monoisotopic (exact) mass is 434 g/mol. The van der Waals surface area contributed by atoms with Crippen LogP contribution in [0.3, 0.4) is 0 Å². The summed E-state index contributed by atoms with van der Waals surface area (Å²) in [6.45, 7) is 3.33. The van der Waals surface area contributed by atoms with Crippen LogP contribution in [0.4, 0.5) is 0 Å². The van der Waals surface area contributed by atoms with Crippen molar-refractivity contribution in [1.82, 2.24) is 31.2 Å². The lowest BCUT2D eigenvalue weighted by molar-refractivity contribution is 0.276. The summed E-state index contributed by atoms with van der Waals surface area (Å²) in [5.41, 5.74) is 4.56. The number of pyridine rings is 2. The van der Waals surface area contributed by atoms with Gasteiger partial charge in [0.25, 0.3) is 0 Å². The Labute approximate surface area is 192 Å². The van der Waals surface area contributed by atoms with Gasteiger partial charge >= 0.3 is 0 Å². The van der Waals surface area contributed by atoms with Crippen LogP contribution in [-0.2, 0) is 26.2 Å². The molecule has 32 heavy (non-hydrogen) atoms. The second kappa shape index (κ2) is 10.8. The minimum Gasteiger partial charge on any atom is -0.307 e. The predicted octanol–water partition coefficient (Wildman–Crippen LogP) is 3.17. The fourth-order valence-corrected chi connectivity index (χ4v) is 5.63. The standard InChI is InChI=1S/C26H38N6/c1-2-12-24-23(11-1)27-15-19-7-5-9-21(31-19)17-29-25-13-3-4-14-26(25)30-18-22-10-6-8-20(32-22)16-28-24/h5-10,23-30H,1-4,11-18H2/t23-,24-,25-,26-/m1/s1. The zero-order chi connectivity index (χ0) is 21.6. The molecule has 0 unspecified atom stereocenters. The van der Waals surface area contributed by atoms with Crippen LogP contribution in [0.25, 0.3) is 0 Å². The quantitative estimate of drug-likeness (QED) is 0.510. The van der Waals surface area contributed by atoms with Crippen molar-refractivity contribution in [2.75, 3.05) is 0 Å². The number of hydrogen-bond acceptors (Lipinski definition) is 6. The van der Waals surface area contributed by atoms with E-state index in [-0.39, 0.29) is 0 Å². The van der Waals surface area contributed by atoms with Crippen LogP contribution in [-0.4, -0.2) is 34.1 Å². The molecule has 0 amide bonds. The molecule has 6 nitrogen and oxygen atoms in total. The van der Waals surface area contributed by atoms with Crippen LogP contribution in [0.5, 0.6) is 0 Å². The molecule has 0 saturated heterocycles. The summed E-state index contributed by atoms with van der Waals surface area (Å²) in [6, 6.07) is 14.9. The molecule has 0 spiro atoms. The molecule has 2 aromatic rings. The Kier molecular flexibility index (Phi) is 7.44. The Morgan fingerprint density at radius 1 is 0.469 bits per heavy atom. The van der Waals surface area contributed by atoms with Gasteiger partial charge in [-0.25, -0.2) is 0 Å². The SMILES string of the molecule is c1cc2nc(c1)CN[C@@H]1CCCC[C@H]1NCc1cccc(n1)CN[C@@H]1CCCC[C@H]1NC2. The molecule has 2 aromatic heterocycles. The smallest absolute Gasteiger partial charge is 0.0545 e. The lowest BCUT2D eigenvalue weighted by Crippen LogP contribution is -2.50. The molecule has 3 heterocycles. The largest absolute Gasteiger partial charge is 0.307 e. The number of hydrogen-bond donors (Lipinski definition) is 4. The number of aromatic nitrogens is 2. The van der Waals surface area contributed by atoms with Gasteiger partial charge in [-0.05, 0) is 49.9 Å². The topological polar surface area (TPSA) is 73.9 Å². The summed E-state index contributed by atoms with van der Waals surface area (Å²) in [4.78, 5) is 9.91. The van der Waals surface area contributed by atoms with Crippen LogP contribution in [0, 0.1) is 0 Å². The molecule has 5 rings (SSSR count). The summed E-state index contributed by atoms with van der Waals surface area (Å²) in [5, 5.41) is 15.2. The van der Waals surface area contributed by atoms with Gasteiger partial charge in [-0.1, -0.05) is 37.8 Å². The van der Waals surface area contributed by atoms with Gasteiger partial charge in [0, 0.05) is 50.3 Å². The first-order chi connectivity index (χ1) is 15.8. The van der Waals surface area contributed by atoms with E-state index >= 15 is 0 Å². The van der Waals surface area contributed by atoms with E-state index < -0.39 is 0 Å². The Morgan fingerprint density at radius 2 is 0.750 bits per heavy atom. The van der Waals surface area contributed by atoms with Gasteiger partial charge in [-0.2, -0.15) is 0 Å². The van der Waals surface area contributed by atoms with Gasteiger partial charge in [0.1, 0.15) is 0 Å². The Balaban J connectivity index is 1.35. The second-order valence-corrected chi connectivity index (χ2v) is 9.76. The molecule has 4 N–H and O–H groups in total. The van der Waals surface area contributed by atoms with Crippen molar-refractivity contribution in [3.63, 3.8) is 0 Å². The lowest BCUT2D eigenvalue weighted by atomic mass is 9.90. The van der Waals surface area contributed by atoms with Crippen LogP contribution in [0.1, 0.15) is 74.1 Å². The molecule has 0 aromatic carbocycles. The highest BCUT2D eigenvalue weighted by atomic mass is 15.1. The Hall–Kier alpha value is -1.86. The molecule has 0 radical (unpaired) electrons. The molecule has 1 aliphatic heterocycles. The Morgan fingerprint density at radius 3 is 1.03 bits per heavy atom. The van der Waals surface area contributed by atoms with Crippen molar-refractivity contribution in [1.29, 1.82) is 0 Å². The van der Waals surface area contributed by atoms with E-state index in [2.05, 4.69) is 57.7 Å². The number of nitrogens with one attached hydrogen (secondary N) is 4. The first-order valence-corrected chi connectivity index (χ1v) is 12.7. The molecule has 2 fully saturated rings. The average Bonchev–Trinajstić information content (AvgIpc) is 2.85. The minimum atomic E-state index is 0.485. The van der Waals surface area contributed by atoms with Gasteiger partial charge in [-0.15, -0.1) is 0 Å². The molecule has 2 aliphatic carbocycles. The molecular formula is C26H38N6. The number of nitrogens with zero attached hydrogens (tertiary/aromatic N) is 2. The van der Waals surface area contributed by atoms with Gasteiger partial charge in [0.15, 0.2) is 0 Å². The van der Waals surface area contributed by atoms with E-state index in [0.29, 0.717) is 24.2 Å². The van der Waals surface area contributed by atoms with Crippen LogP contribution < -0.4 is 21.3 Å². The maximum atomic E-state index is 4.95. The molecule has 4 bridgehead atoms. The number of rotatable bonds is 0. The van der Waals surface area contributed by atoms with Gasteiger partial charge in [-0.3, -0.25) is 9.97 Å². The second-order valence-electron chi connectivity index (χ2n) is 9.76. The summed E-state index contributed by atoms with van der Waals surface area (Å²) in [5.74, 6) is 0. The zero-order valence-corrected chi connectivity index (χ0v) is 19.2. The van der Waals surface area contributed by atoms with Crippen molar-refractivity contribution in [3.8, 4) is 0 Å². The van der Waals surface area contributed by atoms with E-state index in [1.807, 2.05) is 0 Å². The maximum absolute atomic E-state index is 4.95. The zero-order valence-electron chi connectivity index (χ0n) is 19.2. The average molecular weight is 435 g/mol. The van der Waals surface area contributed by atoms with E-state index in [9.17, 15) is 0 Å².